The summed E-state index contributed by atoms with van der Waals surface area (Å²) in [7, 11) is 6.42. The summed E-state index contributed by atoms with van der Waals surface area (Å²) < 4.78 is 22.0. The van der Waals surface area contributed by atoms with Crippen LogP contribution in [0.4, 0.5) is 0 Å². The van der Waals surface area contributed by atoms with E-state index in [-0.39, 0.29) is 12.3 Å². The van der Waals surface area contributed by atoms with E-state index in [2.05, 4.69) is 16.4 Å². The summed E-state index contributed by atoms with van der Waals surface area (Å²) in [6, 6.07) is 13.6. The first-order valence-electron chi connectivity index (χ1n) is 11.3. The summed E-state index contributed by atoms with van der Waals surface area (Å²) in [5, 5.41) is 3.00. The highest BCUT2D eigenvalue weighted by Crippen LogP contribution is 2.46. The van der Waals surface area contributed by atoms with Crippen molar-refractivity contribution in [3.63, 3.8) is 0 Å². The second kappa shape index (κ2) is 10.4. The van der Waals surface area contributed by atoms with E-state index in [1.54, 1.807) is 28.4 Å². The molecule has 0 saturated heterocycles. The lowest BCUT2D eigenvalue weighted by atomic mass is 10.00. The van der Waals surface area contributed by atoms with Crippen LogP contribution < -0.4 is 24.3 Å². The Labute approximate surface area is 205 Å². The number of aromatic nitrogens is 1. The van der Waals surface area contributed by atoms with Crippen LogP contribution in [0.5, 0.6) is 23.0 Å². The number of fused-ring (bicyclic) bond motifs is 1. The Balaban J connectivity index is 1.73. The maximum absolute atomic E-state index is 12.8. The van der Waals surface area contributed by atoms with E-state index < -0.39 is 0 Å². The van der Waals surface area contributed by atoms with E-state index >= 15 is 0 Å². The first-order valence-corrected chi connectivity index (χ1v) is 11.3. The predicted molar refractivity (Wildman–Crippen MR) is 137 cm³/mol. The Hall–Kier alpha value is -4.13. The fourth-order valence-electron chi connectivity index (χ4n) is 4.36. The molecule has 35 heavy (non-hydrogen) atoms. The van der Waals surface area contributed by atoms with Crippen LogP contribution in [0.25, 0.3) is 17.2 Å². The minimum Gasteiger partial charge on any atom is -0.497 e. The molecular weight excluding hydrogens is 444 g/mol. The van der Waals surface area contributed by atoms with Crippen LogP contribution in [0, 0.1) is 0 Å². The molecule has 0 spiro atoms. The number of carbonyl (C=O) groups is 1. The van der Waals surface area contributed by atoms with Gasteiger partial charge >= 0.3 is 0 Å². The molecule has 0 bridgehead atoms. The van der Waals surface area contributed by atoms with Gasteiger partial charge in [-0.15, -0.1) is 0 Å². The Morgan fingerprint density at radius 3 is 2.29 bits per heavy atom. The van der Waals surface area contributed by atoms with Gasteiger partial charge in [-0.25, -0.2) is 0 Å². The zero-order chi connectivity index (χ0) is 24.9. The normalized spacial score (nSPS) is 13.6. The lowest BCUT2D eigenvalue weighted by Crippen LogP contribution is -2.22. The lowest BCUT2D eigenvalue weighted by molar-refractivity contribution is -0.120. The molecule has 0 aliphatic heterocycles. The Kier molecular flexibility index (Phi) is 7.15. The number of amides is 1. The molecule has 7 heteroatoms. The number of benzene rings is 2. The fraction of sp³-hybridized carbons (Fsp3) is 0.250. The van der Waals surface area contributed by atoms with Crippen molar-refractivity contribution in [3.05, 3.63) is 76.6 Å². The van der Waals surface area contributed by atoms with Crippen LogP contribution in [-0.2, 0) is 11.3 Å². The minimum atomic E-state index is -0.0447. The number of hydrogen-bond acceptors (Lipinski definition) is 5. The minimum absolute atomic E-state index is 0.0447. The molecule has 1 amide bonds. The van der Waals surface area contributed by atoms with E-state index in [0.717, 1.165) is 44.9 Å². The molecule has 2 N–H and O–H groups in total. The third-order valence-corrected chi connectivity index (χ3v) is 6.17. The van der Waals surface area contributed by atoms with Crippen molar-refractivity contribution >= 4 is 23.1 Å². The Bertz CT molecular complexity index is 1260. The second-order valence-electron chi connectivity index (χ2n) is 8.18. The summed E-state index contributed by atoms with van der Waals surface area (Å²) in [6.45, 7) is 2.50. The van der Waals surface area contributed by atoms with Crippen LogP contribution in [0.3, 0.4) is 0 Å². The first kappa shape index (κ1) is 24.0. The van der Waals surface area contributed by atoms with Gasteiger partial charge in [-0.2, -0.15) is 0 Å². The van der Waals surface area contributed by atoms with E-state index in [1.807, 2.05) is 55.6 Å². The van der Waals surface area contributed by atoms with Gasteiger partial charge in [0.1, 0.15) is 5.75 Å². The molecule has 1 aliphatic rings. The summed E-state index contributed by atoms with van der Waals surface area (Å²) in [5.41, 5.74) is 6.94. The van der Waals surface area contributed by atoms with E-state index in [9.17, 15) is 4.79 Å². The average Bonchev–Trinajstić information content (AvgIpc) is 3.49. The molecule has 0 fully saturated rings. The number of rotatable bonds is 9. The summed E-state index contributed by atoms with van der Waals surface area (Å²) in [6.07, 6.45) is 4.18. The molecule has 0 radical (unpaired) electrons. The number of hydrogen-bond donors (Lipinski definition) is 2. The van der Waals surface area contributed by atoms with Crippen molar-refractivity contribution in [2.24, 2.45) is 0 Å². The fourth-order valence-corrected chi connectivity index (χ4v) is 4.36. The zero-order valence-electron chi connectivity index (χ0n) is 20.7. The van der Waals surface area contributed by atoms with Crippen LogP contribution in [0.15, 0.2) is 54.2 Å². The van der Waals surface area contributed by atoms with E-state index in [0.29, 0.717) is 23.8 Å². The number of nitrogens with one attached hydrogen (secondary N) is 2. The third-order valence-electron chi connectivity index (χ3n) is 6.17. The van der Waals surface area contributed by atoms with Gasteiger partial charge in [0.15, 0.2) is 11.5 Å². The highest BCUT2D eigenvalue weighted by Gasteiger charge is 2.26. The molecule has 1 aliphatic carbocycles. The quantitative estimate of drug-likeness (QED) is 0.452. The van der Waals surface area contributed by atoms with Gasteiger partial charge in [-0.1, -0.05) is 6.07 Å². The molecule has 1 aromatic heterocycles. The van der Waals surface area contributed by atoms with Crippen molar-refractivity contribution in [1.29, 1.82) is 0 Å². The molecule has 4 rings (SSSR count). The van der Waals surface area contributed by atoms with Crippen LogP contribution >= 0.6 is 0 Å². The third kappa shape index (κ3) is 4.89. The van der Waals surface area contributed by atoms with E-state index in [4.69, 9.17) is 18.9 Å². The van der Waals surface area contributed by atoms with Crippen molar-refractivity contribution in [2.45, 2.75) is 19.9 Å². The summed E-state index contributed by atoms with van der Waals surface area (Å²) >= 11 is 0. The van der Waals surface area contributed by atoms with Gasteiger partial charge in [-0.3, -0.25) is 4.79 Å². The number of allylic oxidation sites excluding steroid dienone is 2. The van der Waals surface area contributed by atoms with Crippen molar-refractivity contribution in [3.8, 4) is 23.0 Å². The van der Waals surface area contributed by atoms with Gasteiger partial charge in [-0.05, 0) is 82.8 Å². The van der Waals surface area contributed by atoms with Gasteiger partial charge < -0.3 is 29.2 Å². The molecule has 3 aromatic rings. The topological polar surface area (TPSA) is 81.8 Å². The van der Waals surface area contributed by atoms with Gasteiger partial charge in [0, 0.05) is 11.9 Å². The van der Waals surface area contributed by atoms with Crippen LogP contribution in [0.1, 0.15) is 35.7 Å². The first-order chi connectivity index (χ1) is 17.0. The summed E-state index contributed by atoms with van der Waals surface area (Å²) in [5.74, 6) is 2.40. The number of H-pyrrole nitrogens is 1. The standard InChI is InChI=1S/C28H30N2O5/c1-17-22(11-18-12-25(33-3)28(35-5)26(13-18)34-4)21-9-8-20(32-2)14-24(21)23(17)15-27(31)30-16-19-7-6-10-29-19/h6-14,29H,15-16H2,1-5H3,(H,30,31)/b22-11-. The van der Waals surface area contributed by atoms with Crippen LogP contribution in [0.2, 0.25) is 0 Å². The van der Waals surface area contributed by atoms with Gasteiger partial charge in [0.05, 0.1) is 41.4 Å². The maximum Gasteiger partial charge on any atom is 0.224 e. The molecule has 182 valence electrons. The van der Waals surface area contributed by atoms with Gasteiger partial charge in [0.2, 0.25) is 11.7 Å². The number of ether oxygens (including phenoxy) is 4. The molecule has 0 saturated carbocycles. The van der Waals surface area contributed by atoms with Gasteiger partial charge in [0.25, 0.3) is 0 Å². The largest absolute Gasteiger partial charge is 0.497 e. The number of methoxy groups -OCH3 is 4. The zero-order valence-corrected chi connectivity index (χ0v) is 20.7. The molecule has 0 atom stereocenters. The Morgan fingerprint density at radius 2 is 1.69 bits per heavy atom. The molecule has 7 nitrogen and oxygen atoms in total. The lowest BCUT2D eigenvalue weighted by Gasteiger charge is -2.13. The number of aromatic amines is 1. The van der Waals surface area contributed by atoms with Crippen molar-refractivity contribution in [1.82, 2.24) is 10.3 Å². The smallest absolute Gasteiger partial charge is 0.224 e. The highest BCUT2D eigenvalue weighted by molar-refractivity contribution is 6.08. The molecular formula is C28H30N2O5. The Morgan fingerprint density at radius 1 is 0.943 bits per heavy atom. The van der Waals surface area contributed by atoms with Crippen molar-refractivity contribution < 1.29 is 23.7 Å². The number of carbonyl (C=O) groups excluding carboxylic acids is 1. The average molecular weight is 475 g/mol. The molecule has 0 unspecified atom stereocenters. The SMILES string of the molecule is COc1ccc2c(c1)C(CC(=O)NCc1ccc[nH]1)=C(C)/C2=C/c1cc(OC)c(OC)c(OC)c1. The molecule has 2 aromatic carbocycles. The predicted octanol–water partition coefficient (Wildman–Crippen LogP) is 5.08. The summed E-state index contributed by atoms with van der Waals surface area (Å²) in [4.78, 5) is 16.0. The van der Waals surface area contributed by atoms with E-state index in [1.165, 1.54) is 0 Å². The highest BCUT2D eigenvalue weighted by atomic mass is 16.5. The second-order valence-corrected chi connectivity index (χ2v) is 8.18. The molecule has 1 heterocycles. The van der Waals surface area contributed by atoms with Crippen molar-refractivity contribution in [2.75, 3.05) is 28.4 Å². The van der Waals surface area contributed by atoms with Crippen LogP contribution in [-0.4, -0.2) is 39.3 Å². The monoisotopic (exact) mass is 474 g/mol. The maximum atomic E-state index is 12.8.